The van der Waals surface area contributed by atoms with Crippen LogP contribution in [0.25, 0.3) is 0 Å². The molecule has 0 aromatic rings. The summed E-state index contributed by atoms with van der Waals surface area (Å²) in [5.74, 6) is 0.965. The highest BCUT2D eigenvalue weighted by Crippen LogP contribution is 2.61. The Hall–Kier alpha value is -0.580. The molecule has 0 aromatic heterocycles. The molecule has 0 saturated heterocycles. The van der Waals surface area contributed by atoms with Gasteiger partial charge >= 0.3 is 5.97 Å². The molecule has 5 heteroatoms. The summed E-state index contributed by atoms with van der Waals surface area (Å²) < 4.78 is 29.5. The Balaban J connectivity index is 1.99. The standard InChI is InChI=1S/C16H28O4S/c1-6-7-21(18,19)11(3)15(17)20-14-9-12-8-13(10(14)2)16(12,4)5/h10-14H,6-9H2,1-5H3/t10-,11+,12+,13-,14-/m0/s1. The molecule has 0 aliphatic heterocycles. The second-order valence-electron chi connectivity index (χ2n) is 7.44. The van der Waals surface area contributed by atoms with Crippen molar-refractivity contribution < 1.29 is 17.9 Å². The molecule has 2 bridgehead atoms. The molecule has 3 aliphatic carbocycles. The maximum atomic E-state index is 12.2. The van der Waals surface area contributed by atoms with Gasteiger partial charge in [0.15, 0.2) is 15.1 Å². The smallest absolute Gasteiger partial charge is 0.324 e. The highest BCUT2D eigenvalue weighted by atomic mass is 32.2. The molecular weight excluding hydrogens is 288 g/mol. The van der Waals surface area contributed by atoms with Crippen LogP contribution in [-0.4, -0.2) is 31.5 Å². The van der Waals surface area contributed by atoms with Crippen LogP contribution in [0.2, 0.25) is 0 Å². The van der Waals surface area contributed by atoms with Crippen LogP contribution >= 0.6 is 0 Å². The number of fused-ring (bicyclic) bond motifs is 2. The van der Waals surface area contributed by atoms with Crippen LogP contribution in [0, 0.1) is 23.2 Å². The largest absolute Gasteiger partial charge is 0.461 e. The van der Waals surface area contributed by atoms with Crippen LogP contribution in [0.1, 0.15) is 53.9 Å². The molecule has 4 nitrogen and oxygen atoms in total. The second kappa shape index (κ2) is 5.56. The number of carbonyl (C=O) groups is 1. The number of esters is 1. The van der Waals surface area contributed by atoms with Gasteiger partial charge in [0, 0.05) is 0 Å². The molecular formula is C16H28O4S. The lowest BCUT2D eigenvalue weighted by molar-refractivity contribution is -0.185. The first-order valence-corrected chi connectivity index (χ1v) is 9.74. The predicted molar refractivity (Wildman–Crippen MR) is 82.6 cm³/mol. The van der Waals surface area contributed by atoms with Gasteiger partial charge in [-0.05, 0) is 49.4 Å². The number of sulfone groups is 1. The SMILES string of the molecule is CCCS(=O)(=O)[C@H](C)C(=O)O[C@H]1C[C@H]2C[C@@H]([C@@H]1C)C2(C)C. The zero-order chi connectivity index (χ0) is 16.0. The minimum atomic E-state index is -3.38. The van der Waals surface area contributed by atoms with Gasteiger partial charge in [0.25, 0.3) is 0 Å². The first kappa shape index (κ1) is 16.8. The summed E-state index contributed by atoms with van der Waals surface area (Å²) >= 11 is 0. The van der Waals surface area contributed by atoms with Gasteiger partial charge < -0.3 is 4.74 Å². The molecule has 0 unspecified atom stereocenters. The topological polar surface area (TPSA) is 60.4 Å². The normalized spacial score (nSPS) is 35.7. The Morgan fingerprint density at radius 3 is 2.43 bits per heavy atom. The van der Waals surface area contributed by atoms with Crippen molar-refractivity contribution in [3.05, 3.63) is 0 Å². The summed E-state index contributed by atoms with van der Waals surface area (Å²) in [7, 11) is -3.38. The molecule has 0 amide bonds. The lowest BCUT2D eigenvalue weighted by atomic mass is 9.45. The summed E-state index contributed by atoms with van der Waals surface area (Å²) in [5, 5.41) is -1.05. The van der Waals surface area contributed by atoms with E-state index in [-0.39, 0.29) is 11.9 Å². The van der Waals surface area contributed by atoms with E-state index in [9.17, 15) is 13.2 Å². The van der Waals surface area contributed by atoms with Crippen LogP contribution in [0.15, 0.2) is 0 Å². The Morgan fingerprint density at radius 2 is 1.95 bits per heavy atom. The third-order valence-corrected chi connectivity index (χ3v) is 8.16. The predicted octanol–water partition coefficient (Wildman–Crippen LogP) is 2.81. The fourth-order valence-electron chi connectivity index (χ4n) is 4.11. The van der Waals surface area contributed by atoms with Crippen molar-refractivity contribution >= 4 is 15.8 Å². The van der Waals surface area contributed by atoms with E-state index in [1.54, 1.807) is 6.92 Å². The van der Waals surface area contributed by atoms with E-state index in [4.69, 9.17) is 4.74 Å². The van der Waals surface area contributed by atoms with Crippen LogP contribution in [-0.2, 0) is 19.4 Å². The van der Waals surface area contributed by atoms with Gasteiger partial charge in [0.2, 0.25) is 0 Å². The summed E-state index contributed by atoms with van der Waals surface area (Å²) in [6.45, 7) is 9.95. The third kappa shape index (κ3) is 2.86. The molecule has 0 N–H and O–H groups in total. The van der Waals surface area contributed by atoms with E-state index in [0.29, 0.717) is 29.6 Å². The molecule has 122 valence electrons. The summed E-state index contributed by atoms with van der Waals surface area (Å²) in [5.41, 5.74) is 0.336. The van der Waals surface area contributed by atoms with Crippen LogP contribution in [0.3, 0.4) is 0 Å². The molecule has 5 atom stereocenters. The number of hydrogen-bond acceptors (Lipinski definition) is 4. The fraction of sp³-hybridized carbons (Fsp3) is 0.938. The van der Waals surface area contributed by atoms with Gasteiger partial charge in [-0.1, -0.05) is 27.7 Å². The van der Waals surface area contributed by atoms with E-state index in [0.717, 1.165) is 6.42 Å². The zero-order valence-corrected chi connectivity index (χ0v) is 14.6. The lowest BCUT2D eigenvalue weighted by Gasteiger charge is -2.61. The summed E-state index contributed by atoms with van der Waals surface area (Å²) in [4.78, 5) is 12.2. The average Bonchev–Trinajstić information content (AvgIpc) is 2.39. The fourth-order valence-corrected chi connectivity index (χ4v) is 5.38. The molecule has 3 rings (SSSR count). The molecule has 21 heavy (non-hydrogen) atoms. The van der Waals surface area contributed by atoms with E-state index in [2.05, 4.69) is 20.8 Å². The number of rotatable bonds is 5. The molecule has 0 aromatic carbocycles. The van der Waals surface area contributed by atoms with Crippen molar-refractivity contribution in [1.82, 2.24) is 0 Å². The van der Waals surface area contributed by atoms with Crippen LogP contribution in [0.5, 0.6) is 0 Å². The molecule has 3 aliphatic rings. The van der Waals surface area contributed by atoms with E-state index in [1.165, 1.54) is 13.3 Å². The maximum absolute atomic E-state index is 12.2. The minimum Gasteiger partial charge on any atom is -0.461 e. The van der Waals surface area contributed by atoms with Gasteiger partial charge in [-0.25, -0.2) is 8.42 Å². The Labute approximate surface area is 128 Å². The zero-order valence-electron chi connectivity index (χ0n) is 13.8. The van der Waals surface area contributed by atoms with Crippen LogP contribution < -0.4 is 0 Å². The Morgan fingerprint density at radius 1 is 1.33 bits per heavy atom. The van der Waals surface area contributed by atoms with E-state index < -0.39 is 21.1 Å². The monoisotopic (exact) mass is 316 g/mol. The van der Waals surface area contributed by atoms with Crippen molar-refractivity contribution in [3.63, 3.8) is 0 Å². The molecule has 0 heterocycles. The van der Waals surface area contributed by atoms with Gasteiger partial charge in [0.1, 0.15) is 6.10 Å². The van der Waals surface area contributed by atoms with Gasteiger partial charge in [0.05, 0.1) is 5.75 Å². The minimum absolute atomic E-state index is 0.0434. The number of hydrogen-bond donors (Lipinski definition) is 0. The van der Waals surface area contributed by atoms with Crippen molar-refractivity contribution in [3.8, 4) is 0 Å². The highest BCUT2D eigenvalue weighted by molar-refractivity contribution is 7.92. The van der Waals surface area contributed by atoms with Gasteiger partial charge in [-0.15, -0.1) is 0 Å². The highest BCUT2D eigenvalue weighted by Gasteiger charge is 2.57. The lowest BCUT2D eigenvalue weighted by Crippen LogP contribution is -2.57. The third-order valence-electron chi connectivity index (χ3n) is 5.91. The molecule has 0 radical (unpaired) electrons. The number of ether oxygens (including phenoxy) is 1. The van der Waals surface area contributed by atoms with Crippen molar-refractivity contribution in [1.29, 1.82) is 0 Å². The molecule has 3 fully saturated rings. The van der Waals surface area contributed by atoms with E-state index >= 15 is 0 Å². The summed E-state index contributed by atoms with van der Waals surface area (Å²) in [6.07, 6.45) is 2.49. The van der Waals surface area contributed by atoms with Gasteiger partial charge in [-0.3, -0.25) is 4.79 Å². The molecule has 3 saturated carbocycles. The average molecular weight is 316 g/mol. The van der Waals surface area contributed by atoms with Crippen LogP contribution in [0.4, 0.5) is 0 Å². The Bertz CT molecular complexity index is 508. The van der Waals surface area contributed by atoms with Gasteiger partial charge in [-0.2, -0.15) is 0 Å². The first-order valence-electron chi connectivity index (χ1n) is 8.03. The Kier molecular flexibility index (Phi) is 4.45. The van der Waals surface area contributed by atoms with Crippen molar-refractivity contribution in [2.75, 3.05) is 5.75 Å². The number of carbonyl (C=O) groups excluding carboxylic acids is 1. The van der Waals surface area contributed by atoms with Crippen molar-refractivity contribution in [2.45, 2.75) is 65.2 Å². The quantitative estimate of drug-likeness (QED) is 0.732. The first-order chi connectivity index (χ1) is 9.61. The maximum Gasteiger partial charge on any atom is 0.324 e. The van der Waals surface area contributed by atoms with Crippen molar-refractivity contribution in [2.24, 2.45) is 23.2 Å². The second-order valence-corrected chi connectivity index (χ2v) is 9.88. The molecule has 0 spiro atoms. The van der Waals surface area contributed by atoms with E-state index in [1.807, 2.05) is 0 Å². The summed E-state index contributed by atoms with van der Waals surface area (Å²) in [6, 6.07) is 0.